The third-order valence-electron chi connectivity index (χ3n) is 3.98. The summed E-state index contributed by atoms with van der Waals surface area (Å²) in [5.41, 5.74) is 0.195. The Bertz CT molecular complexity index is 578. The molecule has 5 nitrogen and oxygen atoms in total. The van der Waals surface area contributed by atoms with E-state index in [0.717, 1.165) is 17.7 Å². The van der Waals surface area contributed by atoms with E-state index in [0.29, 0.717) is 18.5 Å². The number of amides is 3. The normalized spacial score (nSPS) is 22.4. The summed E-state index contributed by atoms with van der Waals surface area (Å²) in [5.74, 6) is -1.85. The van der Waals surface area contributed by atoms with Crippen molar-refractivity contribution in [3.8, 4) is 5.75 Å². The van der Waals surface area contributed by atoms with Gasteiger partial charge in [0.1, 0.15) is 6.04 Å². The number of imide groups is 1. The van der Waals surface area contributed by atoms with Crippen LogP contribution in [-0.2, 0) is 4.79 Å². The monoisotopic (exact) mass is 278 g/mol. The molecule has 1 aromatic rings. The molecule has 0 radical (unpaired) electrons. The first-order chi connectivity index (χ1) is 9.52. The number of urea groups is 1. The summed E-state index contributed by atoms with van der Waals surface area (Å²) in [6, 6.07) is 1.87. The summed E-state index contributed by atoms with van der Waals surface area (Å²) in [6.45, 7) is 2.07. The van der Waals surface area contributed by atoms with Gasteiger partial charge in [0.15, 0.2) is 11.6 Å². The Kier molecular flexibility index (Phi) is 2.88. The van der Waals surface area contributed by atoms with Gasteiger partial charge in [0.2, 0.25) is 0 Å². The summed E-state index contributed by atoms with van der Waals surface area (Å²) in [7, 11) is 0. The molecule has 2 heterocycles. The second-order valence-corrected chi connectivity index (χ2v) is 5.23. The molecule has 0 bridgehead atoms. The van der Waals surface area contributed by atoms with E-state index >= 15 is 0 Å². The second kappa shape index (κ2) is 4.47. The fraction of sp³-hybridized carbons (Fsp3) is 0.429. The molecular weight excluding hydrogens is 263 g/mol. The number of benzene rings is 1. The number of aromatic hydroxyl groups is 1. The third kappa shape index (κ3) is 1.67. The van der Waals surface area contributed by atoms with E-state index in [1.807, 2.05) is 0 Å². The Morgan fingerprint density at radius 1 is 1.30 bits per heavy atom. The third-order valence-corrected chi connectivity index (χ3v) is 3.98. The number of anilines is 1. The van der Waals surface area contributed by atoms with E-state index in [1.54, 1.807) is 6.92 Å². The number of rotatable bonds is 1. The number of piperidine rings is 1. The van der Waals surface area contributed by atoms with Crippen molar-refractivity contribution in [2.75, 3.05) is 11.4 Å². The molecule has 6 heteroatoms. The van der Waals surface area contributed by atoms with Crippen molar-refractivity contribution in [2.24, 2.45) is 0 Å². The van der Waals surface area contributed by atoms with Gasteiger partial charge in [0.25, 0.3) is 5.91 Å². The van der Waals surface area contributed by atoms with Crippen LogP contribution in [0.4, 0.5) is 14.9 Å². The minimum Gasteiger partial charge on any atom is -0.505 e. The number of fused-ring (bicyclic) bond motifs is 1. The minimum absolute atomic E-state index is 0.169. The molecule has 0 unspecified atom stereocenters. The van der Waals surface area contributed by atoms with Crippen LogP contribution in [0.15, 0.2) is 12.1 Å². The van der Waals surface area contributed by atoms with Gasteiger partial charge in [-0.2, -0.15) is 0 Å². The fourth-order valence-corrected chi connectivity index (χ4v) is 2.83. The van der Waals surface area contributed by atoms with Crippen molar-refractivity contribution in [2.45, 2.75) is 32.2 Å². The maximum absolute atomic E-state index is 14.1. The molecule has 0 saturated carbocycles. The molecule has 106 valence electrons. The first-order valence-corrected chi connectivity index (χ1v) is 6.65. The van der Waals surface area contributed by atoms with Crippen molar-refractivity contribution in [3.05, 3.63) is 23.5 Å². The molecule has 2 saturated heterocycles. The highest BCUT2D eigenvalue weighted by Gasteiger charge is 2.47. The molecular formula is C14H15FN2O3. The topological polar surface area (TPSA) is 60.9 Å². The number of carbonyl (C=O) groups is 2. The Labute approximate surface area is 115 Å². The van der Waals surface area contributed by atoms with Crippen LogP contribution in [0.3, 0.4) is 0 Å². The van der Waals surface area contributed by atoms with Gasteiger partial charge in [-0.25, -0.2) is 14.1 Å². The molecule has 20 heavy (non-hydrogen) atoms. The number of hydrogen-bond donors (Lipinski definition) is 1. The Hall–Kier alpha value is -2.11. The molecule has 3 amide bonds. The SMILES string of the molecule is Cc1ccc(N2C(=O)[C@@H]3CCCCN3C2=O)c(F)c1O. The molecule has 2 fully saturated rings. The van der Waals surface area contributed by atoms with Gasteiger partial charge in [0, 0.05) is 6.54 Å². The Morgan fingerprint density at radius 2 is 2.05 bits per heavy atom. The molecule has 3 rings (SSSR count). The number of halogens is 1. The summed E-state index contributed by atoms with van der Waals surface area (Å²) < 4.78 is 14.1. The standard InChI is InChI=1S/C14H15FN2O3/c1-8-5-6-9(11(15)12(8)18)17-13(19)10-4-2-3-7-16(10)14(17)20/h5-6,10,18H,2-4,7H2,1H3/t10-/m0/s1. The summed E-state index contributed by atoms with van der Waals surface area (Å²) in [4.78, 5) is 26.9. The number of carbonyl (C=O) groups excluding carboxylic acids is 2. The van der Waals surface area contributed by atoms with Crippen LogP contribution in [0.25, 0.3) is 0 Å². The van der Waals surface area contributed by atoms with E-state index in [2.05, 4.69) is 0 Å². The highest BCUT2D eigenvalue weighted by atomic mass is 19.1. The minimum atomic E-state index is -0.924. The zero-order valence-corrected chi connectivity index (χ0v) is 11.1. The van der Waals surface area contributed by atoms with Crippen molar-refractivity contribution < 1.29 is 19.1 Å². The number of aryl methyl sites for hydroxylation is 1. The van der Waals surface area contributed by atoms with Crippen LogP contribution in [0, 0.1) is 12.7 Å². The Balaban J connectivity index is 2.04. The lowest BCUT2D eigenvalue weighted by molar-refractivity contribution is -0.120. The molecule has 1 atom stereocenters. The molecule has 0 aliphatic carbocycles. The quantitative estimate of drug-likeness (QED) is 0.801. The van der Waals surface area contributed by atoms with Crippen LogP contribution in [0.5, 0.6) is 5.75 Å². The summed E-state index contributed by atoms with van der Waals surface area (Å²) in [5, 5.41) is 9.64. The molecule has 1 N–H and O–H groups in total. The zero-order valence-electron chi connectivity index (χ0n) is 11.1. The van der Waals surface area contributed by atoms with Crippen molar-refractivity contribution >= 4 is 17.6 Å². The van der Waals surface area contributed by atoms with Crippen LogP contribution in [-0.4, -0.2) is 34.5 Å². The van der Waals surface area contributed by atoms with Crippen molar-refractivity contribution in [1.82, 2.24) is 4.90 Å². The molecule has 1 aromatic carbocycles. The lowest BCUT2D eigenvalue weighted by atomic mass is 10.0. The second-order valence-electron chi connectivity index (χ2n) is 5.23. The summed E-state index contributed by atoms with van der Waals surface area (Å²) in [6.07, 6.45) is 2.35. The van der Waals surface area contributed by atoms with Gasteiger partial charge in [-0.05, 0) is 37.8 Å². The van der Waals surface area contributed by atoms with Crippen LogP contribution >= 0.6 is 0 Å². The van der Waals surface area contributed by atoms with Gasteiger partial charge in [0.05, 0.1) is 5.69 Å². The number of hydrogen-bond acceptors (Lipinski definition) is 3. The van der Waals surface area contributed by atoms with E-state index in [1.165, 1.54) is 17.0 Å². The predicted octanol–water partition coefficient (Wildman–Crippen LogP) is 2.16. The number of phenolic OH excluding ortho intramolecular Hbond substituents is 1. The van der Waals surface area contributed by atoms with E-state index in [4.69, 9.17) is 0 Å². The summed E-state index contributed by atoms with van der Waals surface area (Å²) >= 11 is 0. The lowest BCUT2D eigenvalue weighted by Gasteiger charge is -2.25. The van der Waals surface area contributed by atoms with Gasteiger partial charge >= 0.3 is 6.03 Å². The van der Waals surface area contributed by atoms with Gasteiger partial charge in [-0.15, -0.1) is 0 Å². The molecule has 2 aliphatic heterocycles. The molecule has 0 spiro atoms. The Morgan fingerprint density at radius 3 is 2.75 bits per heavy atom. The van der Waals surface area contributed by atoms with E-state index in [-0.39, 0.29) is 5.69 Å². The van der Waals surface area contributed by atoms with Crippen LogP contribution in [0.1, 0.15) is 24.8 Å². The first kappa shape index (κ1) is 12.9. The predicted molar refractivity (Wildman–Crippen MR) is 70.0 cm³/mol. The van der Waals surface area contributed by atoms with Crippen LogP contribution < -0.4 is 4.90 Å². The number of nitrogens with zero attached hydrogens (tertiary/aromatic N) is 2. The average Bonchev–Trinajstić information content (AvgIpc) is 2.70. The average molecular weight is 278 g/mol. The van der Waals surface area contributed by atoms with Gasteiger partial charge < -0.3 is 10.0 Å². The fourth-order valence-electron chi connectivity index (χ4n) is 2.83. The highest BCUT2D eigenvalue weighted by molar-refractivity contribution is 6.21. The van der Waals surface area contributed by atoms with E-state index < -0.39 is 29.5 Å². The highest BCUT2D eigenvalue weighted by Crippen LogP contribution is 2.35. The largest absolute Gasteiger partial charge is 0.505 e. The van der Waals surface area contributed by atoms with Crippen LogP contribution in [0.2, 0.25) is 0 Å². The maximum Gasteiger partial charge on any atom is 0.332 e. The molecule has 2 aliphatic rings. The lowest BCUT2D eigenvalue weighted by Crippen LogP contribution is -2.39. The number of phenols is 1. The molecule has 0 aromatic heterocycles. The van der Waals surface area contributed by atoms with Gasteiger partial charge in [-0.1, -0.05) is 6.07 Å². The first-order valence-electron chi connectivity index (χ1n) is 6.65. The van der Waals surface area contributed by atoms with Gasteiger partial charge in [-0.3, -0.25) is 4.79 Å². The van der Waals surface area contributed by atoms with Crippen molar-refractivity contribution in [3.63, 3.8) is 0 Å². The smallest absolute Gasteiger partial charge is 0.332 e. The van der Waals surface area contributed by atoms with Crippen molar-refractivity contribution in [1.29, 1.82) is 0 Å². The zero-order chi connectivity index (χ0) is 14.4. The van der Waals surface area contributed by atoms with E-state index in [9.17, 15) is 19.1 Å². The maximum atomic E-state index is 14.1.